The highest BCUT2D eigenvalue weighted by Crippen LogP contribution is 2.15. The molecule has 5 heteroatoms. The number of nitrogens with zero attached hydrogens (tertiary/aromatic N) is 1. The van der Waals surface area contributed by atoms with Crippen molar-refractivity contribution in [1.29, 1.82) is 5.41 Å². The quantitative estimate of drug-likeness (QED) is 0.657. The number of benzene rings is 1. The number of rotatable bonds is 5. The molecule has 0 bridgehead atoms. The smallest absolute Gasteiger partial charge is 0.130 e. The second kappa shape index (κ2) is 6.33. The van der Waals surface area contributed by atoms with Crippen LogP contribution in [0.15, 0.2) is 47.1 Å². The topological polar surface area (TPSA) is 72.0 Å². The molecule has 2 rings (SSSR count). The maximum atomic E-state index is 7.23. The lowest BCUT2D eigenvalue weighted by atomic mass is 10.1. The molecule has 0 radical (unpaired) electrons. The standard InChI is InChI=1S/C14H14BrN3O/c15-11-3-4-12(18-8-11)9-19-13-5-1-10(2-6-13)7-14(16)17/h1-6,8H,7,9H2,(H3,16,17). The van der Waals surface area contributed by atoms with Gasteiger partial charge in [-0.2, -0.15) is 0 Å². The Morgan fingerprint density at radius 1 is 1.21 bits per heavy atom. The molecule has 0 aliphatic rings. The van der Waals surface area contributed by atoms with Crippen LogP contribution in [0.3, 0.4) is 0 Å². The molecule has 0 aliphatic carbocycles. The Hall–Kier alpha value is -1.88. The molecule has 0 aliphatic heterocycles. The van der Waals surface area contributed by atoms with Gasteiger partial charge in [-0.05, 0) is 45.8 Å². The number of halogens is 1. The highest BCUT2D eigenvalue weighted by atomic mass is 79.9. The Morgan fingerprint density at radius 2 is 1.95 bits per heavy atom. The first-order chi connectivity index (χ1) is 9.13. The van der Waals surface area contributed by atoms with Crippen molar-refractivity contribution in [1.82, 2.24) is 4.98 Å². The van der Waals surface area contributed by atoms with Crippen LogP contribution in [0.25, 0.3) is 0 Å². The summed E-state index contributed by atoms with van der Waals surface area (Å²) in [6, 6.07) is 11.4. The second-order valence-electron chi connectivity index (χ2n) is 4.10. The molecule has 0 unspecified atom stereocenters. The molecule has 1 aromatic carbocycles. The third-order valence-corrected chi connectivity index (χ3v) is 2.96. The third kappa shape index (κ3) is 4.37. The summed E-state index contributed by atoms with van der Waals surface area (Å²) in [7, 11) is 0. The van der Waals surface area contributed by atoms with Crippen LogP contribution >= 0.6 is 15.9 Å². The lowest BCUT2D eigenvalue weighted by Gasteiger charge is -2.06. The summed E-state index contributed by atoms with van der Waals surface area (Å²) >= 11 is 3.34. The van der Waals surface area contributed by atoms with Gasteiger partial charge in [-0.25, -0.2) is 0 Å². The van der Waals surface area contributed by atoms with E-state index in [2.05, 4.69) is 20.9 Å². The molecule has 1 heterocycles. The second-order valence-corrected chi connectivity index (χ2v) is 5.02. The predicted molar refractivity (Wildman–Crippen MR) is 78.3 cm³/mol. The van der Waals surface area contributed by atoms with Crippen LogP contribution in [0, 0.1) is 5.41 Å². The summed E-state index contributed by atoms with van der Waals surface area (Å²) in [5.74, 6) is 0.935. The van der Waals surface area contributed by atoms with Gasteiger partial charge in [-0.3, -0.25) is 10.4 Å². The van der Waals surface area contributed by atoms with Crippen molar-refractivity contribution < 1.29 is 4.74 Å². The predicted octanol–water partition coefficient (Wildman–Crippen LogP) is 2.90. The van der Waals surface area contributed by atoms with E-state index in [-0.39, 0.29) is 5.84 Å². The minimum absolute atomic E-state index is 0.160. The van der Waals surface area contributed by atoms with E-state index in [1.807, 2.05) is 36.4 Å². The number of amidine groups is 1. The van der Waals surface area contributed by atoms with Crippen molar-refractivity contribution in [3.05, 3.63) is 58.3 Å². The van der Waals surface area contributed by atoms with E-state index < -0.39 is 0 Å². The van der Waals surface area contributed by atoms with E-state index in [9.17, 15) is 0 Å². The van der Waals surface area contributed by atoms with Crippen molar-refractivity contribution in [3.8, 4) is 5.75 Å². The fraction of sp³-hybridized carbons (Fsp3) is 0.143. The first-order valence-electron chi connectivity index (χ1n) is 5.78. The summed E-state index contributed by atoms with van der Waals surface area (Å²) in [6.45, 7) is 0.430. The molecule has 0 fully saturated rings. The fourth-order valence-electron chi connectivity index (χ4n) is 1.57. The average molecular weight is 320 g/mol. The molecule has 3 N–H and O–H groups in total. The lowest BCUT2D eigenvalue weighted by molar-refractivity contribution is 0.301. The Balaban J connectivity index is 1.92. The van der Waals surface area contributed by atoms with Gasteiger partial charge in [-0.1, -0.05) is 12.1 Å². The van der Waals surface area contributed by atoms with Crippen LogP contribution in [-0.4, -0.2) is 10.8 Å². The van der Waals surface area contributed by atoms with Gasteiger partial charge in [-0.15, -0.1) is 0 Å². The van der Waals surface area contributed by atoms with E-state index in [1.165, 1.54) is 0 Å². The Labute approximate surface area is 120 Å². The molecule has 2 aromatic rings. The van der Waals surface area contributed by atoms with Gasteiger partial charge in [0.1, 0.15) is 12.4 Å². The van der Waals surface area contributed by atoms with E-state index in [0.717, 1.165) is 21.5 Å². The fourth-order valence-corrected chi connectivity index (χ4v) is 1.81. The number of nitrogens with two attached hydrogens (primary N) is 1. The minimum atomic E-state index is 0.160. The summed E-state index contributed by atoms with van der Waals surface area (Å²) in [6.07, 6.45) is 2.21. The van der Waals surface area contributed by atoms with Gasteiger partial charge >= 0.3 is 0 Å². The molecular formula is C14H14BrN3O. The van der Waals surface area contributed by atoms with Crippen LogP contribution < -0.4 is 10.5 Å². The van der Waals surface area contributed by atoms with E-state index in [1.54, 1.807) is 6.20 Å². The summed E-state index contributed by atoms with van der Waals surface area (Å²) < 4.78 is 6.58. The minimum Gasteiger partial charge on any atom is -0.487 e. The highest BCUT2D eigenvalue weighted by Gasteiger charge is 1.99. The maximum Gasteiger partial charge on any atom is 0.130 e. The number of aromatic nitrogens is 1. The number of nitrogens with one attached hydrogen (secondary N) is 1. The molecule has 0 atom stereocenters. The molecule has 0 saturated carbocycles. The Bertz CT molecular complexity index is 552. The summed E-state index contributed by atoms with van der Waals surface area (Å²) in [4.78, 5) is 4.23. The molecular weight excluding hydrogens is 306 g/mol. The maximum absolute atomic E-state index is 7.23. The number of hydrogen-bond acceptors (Lipinski definition) is 3. The van der Waals surface area contributed by atoms with Crippen molar-refractivity contribution >= 4 is 21.8 Å². The summed E-state index contributed by atoms with van der Waals surface area (Å²) in [5, 5.41) is 7.23. The zero-order chi connectivity index (χ0) is 13.7. The van der Waals surface area contributed by atoms with Crippen LogP contribution in [0.1, 0.15) is 11.3 Å². The number of pyridine rings is 1. The SMILES string of the molecule is N=C(N)Cc1ccc(OCc2ccc(Br)cn2)cc1. The van der Waals surface area contributed by atoms with Gasteiger partial charge in [0.2, 0.25) is 0 Å². The highest BCUT2D eigenvalue weighted by molar-refractivity contribution is 9.10. The zero-order valence-electron chi connectivity index (χ0n) is 10.3. The lowest BCUT2D eigenvalue weighted by Crippen LogP contribution is -2.12. The summed E-state index contributed by atoms with van der Waals surface area (Å²) in [5.41, 5.74) is 7.22. The first kappa shape index (κ1) is 13.5. The van der Waals surface area contributed by atoms with Crippen LogP contribution in [0.2, 0.25) is 0 Å². The van der Waals surface area contributed by atoms with Crippen LogP contribution in [-0.2, 0) is 13.0 Å². The monoisotopic (exact) mass is 319 g/mol. The van der Waals surface area contributed by atoms with Gasteiger partial charge in [0, 0.05) is 17.1 Å². The van der Waals surface area contributed by atoms with Crippen molar-refractivity contribution in [2.75, 3.05) is 0 Å². The van der Waals surface area contributed by atoms with E-state index >= 15 is 0 Å². The van der Waals surface area contributed by atoms with Gasteiger partial charge in [0.25, 0.3) is 0 Å². The van der Waals surface area contributed by atoms with Crippen molar-refractivity contribution in [3.63, 3.8) is 0 Å². The van der Waals surface area contributed by atoms with Gasteiger partial charge in [0.05, 0.1) is 11.5 Å². The zero-order valence-corrected chi connectivity index (χ0v) is 11.9. The Kier molecular flexibility index (Phi) is 4.52. The van der Waals surface area contributed by atoms with E-state index in [4.69, 9.17) is 15.9 Å². The van der Waals surface area contributed by atoms with Crippen LogP contribution in [0.4, 0.5) is 0 Å². The van der Waals surface area contributed by atoms with E-state index in [0.29, 0.717) is 13.0 Å². The van der Waals surface area contributed by atoms with Gasteiger partial charge in [0.15, 0.2) is 0 Å². The third-order valence-electron chi connectivity index (χ3n) is 2.49. The molecule has 0 spiro atoms. The first-order valence-corrected chi connectivity index (χ1v) is 6.58. The van der Waals surface area contributed by atoms with Crippen LogP contribution in [0.5, 0.6) is 5.75 Å². The Morgan fingerprint density at radius 3 is 2.53 bits per heavy atom. The molecule has 4 nitrogen and oxygen atoms in total. The normalized spacial score (nSPS) is 10.2. The molecule has 0 amide bonds. The molecule has 0 saturated heterocycles. The molecule has 19 heavy (non-hydrogen) atoms. The van der Waals surface area contributed by atoms with Crippen molar-refractivity contribution in [2.45, 2.75) is 13.0 Å². The number of hydrogen-bond donors (Lipinski definition) is 2. The van der Waals surface area contributed by atoms with Gasteiger partial charge < -0.3 is 10.5 Å². The average Bonchev–Trinajstić information content (AvgIpc) is 2.39. The number of ether oxygens (including phenoxy) is 1. The molecule has 98 valence electrons. The largest absolute Gasteiger partial charge is 0.487 e. The molecule has 1 aromatic heterocycles. The van der Waals surface area contributed by atoms with Crippen molar-refractivity contribution in [2.24, 2.45) is 5.73 Å².